The SMILES string of the molecule is Cc1ccc2c(c1)Oc1ccc3c4c1N2c1cc2c(cc1B4c1ccc(C)cc1C3=O)B1c3ccc(C)cc3C(=O)c3ccc4c(c31)N2c1ccc(C)cc1O4. The molecule has 0 spiro atoms. The lowest BCUT2D eigenvalue weighted by atomic mass is 9.29. The van der Waals surface area contributed by atoms with Gasteiger partial charge in [0.15, 0.2) is 34.6 Å². The van der Waals surface area contributed by atoms with Crippen molar-refractivity contribution in [2.45, 2.75) is 27.7 Å². The zero-order valence-electron chi connectivity index (χ0n) is 31.1. The lowest BCUT2D eigenvalue weighted by molar-refractivity contribution is 0.103. The van der Waals surface area contributed by atoms with Gasteiger partial charge in [0.1, 0.15) is 0 Å². The van der Waals surface area contributed by atoms with Crippen molar-refractivity contribution in [2.24, 2.45) is 0 Å². The molecule has 56 heavy (non-hydrogen) atoms. The fourth-order valence-electron chi connectivity index (χ4n) is 10.5. The van der Waals surface area contributed by atoms with Gasteiger partial charge in [0.25, 0.3) is 0 Å². The first-order chi connectivity index (χ1) is 27.2. The van der Waals surface area contributed by atoms with Crippen molar-refractivity contribution >= 4 is 91.9 Å². The molecule has 0 amide bonds. The van der Waals surface area contributed by atoms with Gasteiger partial charge in [-0.2, -0.15) is 0 Å². The van der Waals surface area contributed by atoms with Gasteiger partial charge < -0.3 is 19.3 Å². The number of nitrogens with zero attached hydrogens (tertiary/aromatic N) is 2. The zero-order valence-corrected chi connectivity index (χ0v) is 31.1. The summed E-state index contributed by atoms with van der Waals surface area (Å²) in [6.45, 7) is 7.79. The van der Waals surface area contributed by atoms with E-state index < -0.39 is 0 Å². The molecule has 6 aliphatic rings. The van der Waals surface area contributed by atoms with Gasteiger partial charge in [-0.1, -0.05) is 64.5 Å². The van der Waals surface area contributed by atoms with Crippen molar-refractivity contribution in [2.75, 3.05) is 9.80 Å². The summed E-state index contributed by atoms with van der Waals surface area (Å²) in [5.41, 5.74) is 19.1. The normalized spacial score (nSPS) is 15.0. The molecule has 0 saturated carbocycles. The van der Waals surface area contributed by atoms with Crippen LogP contribution in [-0.2, 0) is 0 Å². The monoisotopic (exact) mass is 720 g/mol. The van der Waals surface area contributed by atoms with Crippen LogP contribution in [-0.4, -0.2) is 25.0 Å². The van der Waals surface area contributed by atoms with E-state index in [2.05, 4.69) is 96.4 Å². The Labute approximate surface area is 324 Å². The van der Waals surface area contributed by atoms with E-state index in [1.807, 2.05) is 50.2 Å². The molecule has 6 nitrogen and oxygen atoms in total. The maximum absolute atomic E-state index is 14.5. The molecule has 0 atom stereocenters. The molecular formula is C48H30B2N2O4. The fourth-order valence-corrected chi connectivity index (χ4v) is 10.5. The number of carbonyl (C=O) groups is 2. The zero-order chi connectivity index (χ0) is 37.5. The second kappa shape index (κ2) is 10.1. The predicted molar refractivity (Wildman–Crippen MR) is 224 cm³/mol. The number of rotatable bonds is 0. The van der Waals surface area contributed by atoms with Gasteiger partial charge in [-0.05, 0) is 127 Å². The van der Waals surface area contributed by atoms with Gasteiger partial charge >= 0.3 is 0 Å². The standard InChI is InChI=1S/C48H30B2N2O4/c1-23-5-11-31-29(17-23)47(53)27-9-15-39-45-43(27)49(31)33-21-34-38(22-37(33)51(45)35-13-7-25(3)19-41(35)55-39)52-36-14-8-26(4)20-42(36)56-40-16-10-28-44(46(40)52)50(34)32-12-6-24(2)18-30(32)48(28)54/h5-22H,1-4H3. The Morgan fingerprint density at radius 3 is 1.29 bits per heavy atom. The van der Waals surface area contributed by atoms with Gasteiger partial charge in [0, 0.05) is 33.6 Å². The Morgan fingerprint density at radius 2 is 0.821 bits per heavy atom. The average molecular weight is 720 g/mol. The van der Waals surface area contributed by atoms with Crippen LogP contribution in [0.1, 0.15) is 54.1 Å². The van der Waals surface area contributed by atoms with E-state index in [1.54, 1.807) is 0 Å². The Bertz CT molecular complexity index is 2910. The summed E-state index contributed by atoms with van der Waals surface area (Å²) in [5.74, 6) is 3.09. The van der Waals surface area contributed by atoms with Gasteiger partial charge in [0.2, 0.25) is 13.4 Å². The van der Waals surface area contributed by atoms with Crippen molar-refractivity contribution in [1.29, 1.82) is 0 Å². The molecule has 6 heterocycles. The number of carbonyl (C=O) groups excluding carboxylic acids is 2. The molecule has 7 aromatic rings. The number of ketones is 2. The highest BCUT2D eigenvalue weighted by Crippen LogP contribution is 2.55. The first-order valence-electron chi connectivity index (χ1n) is 19.2. The minimum Gasteiger partial charge on any atom is -0.453 e. The minimum absolute atomic E-state index is 0.0372. The first-order valence-corrected chi connectivity index (χ1v) is 19.2. The molecular weight excluding hydrogens is 690 g/mol. The molecule has 0 aliphatic carbocycles. The van der Waals surface area contributed by atoms with Crippen LogP contribution in [0.15, 0.2) is 109 Å². The Hall–Kier alpha value is -6.79. The topological polar surface area (TPSA) is 59.1 Å². The van der Waals surface area contributed by atoms with Crippen molar-refractivity contribution in [3.05, 3.63) is 154 Å². The molecule has 0 N–H and O–H groups in total. The summed E-state index contributed by atoms with van der Waals surface area (Å²) >= 11 is 0. The second-order valence-electron chi connectivity index (χ2n) is 16.2. The third-order valence-corrected chi connectivity index (χ3v) is 12.8. The summed E-state index contributed by atoms with van der Waals surface area (Å²) in [6.07, 6.45) is 0. The van der Waals surface area contributed by atoms with Crippen LogP contribution in [0.3, 0.4) is 0 Å². The Balaban J connectivity index is 1.19. The molecule has 7 aromatic carbocycles. The highest BCUT2D eigenvalue weighted by molar-refractivity contribution is 7.03. The summed E-state index contributed by atoms with van der Waals surface area (Å²) in [7, 11) is 0. The van der Waals surface area contributed by atoms with Gasteiger partial charge in [-0.3, -0.25) is 9.59 Å². The highest BCUT2D eigenvalue weighted by Gasteiger charge is 2.50. The third kappa shape index (κ3) is 3.61. The molecule has 0 unspecified atom stereocenters. The van der Waals surface area contributed by atoms with Crippen molar-refractivity contribution in [1.82, 2.24) is 0 Å². The summed E-state index contributed by atoms with van der Waals surface area (Å²) in [6, 6.07) is 37.9. The van der Waals surface area contributed by atoms with E-state index >= 15 is 0 Å². The van der Waals surface area contributed by atoms with E-state index in [4.69, 9.17) is 9.47 Å². The van der Waals surface area contributed by atoms with Crippen LogP contribution >= 0.6 is 0 Å². The quantitative estimate of drug-likeness (QED) is 0.161. The molecule has 6 aliphatic heterocycles. The summed E-state index contributed by atoms with van der Waals surface area (Å²) in [5, 5.41) is 0. The number of anilines is 6. The maximum Gasteiger partial charge on any atom is 0.248 e. The van der Waals surface area contributed by atoms with Crippen molar-refractivity contribution in [3.63, 3.8) is 0 Å². The minimum atomic E-state index is -0.227. The molecule has 8 heteroatoms. The predicted octanol–water partition coefficient (Wildman–Crippen LogP) is 6.82. The number of hydrogen-bond donors (Lipinski definition) is 0. The van der Waals surface area contributed by atoms with Gasteiger partial charge in [0.05, 0.1) is 22.7 Å². The van der Waals surface area contributed by atoms with E-state index in [1.165, 1.54) is 0 Å². The third-order valence-electron chi connectivity index (χ3n) is 12.8. The highest BCUT2D eigenvalue weighted by atomic mass is 16.5. The van der Waals surface area contributed by atoms with Crippen LogP contribution in [0.2, 0.25) is 0 Å². The Kier molecular flexibility index (Phi) is 5.50. The van der Waals surface area contributed by atoms with E-state index in [9.17, 15) is 9.59 Å². The molecule has 0 fully saturated rings. The van der Waals surface area contributed by atoms with Crippen LogP contribution in [0.4, 0.5) is 34.1 Å². The Morgan fingerprint density at radius 1 is 0.393 bits per heavy atom. The second-order valence-corrected chi connectivity index (χ2v) is 16.2. The summed E-state index contributed by atoms with van der Waals surface area (Å²) < 4.78 is 13.4. The van der Waals surface area contributed by atoms with Crippen LogP contribution in [0.5, 0.6) is 23.0 Å². The number of aryl methyl sites for hydroxylation is 4. The van der Waals surface area contributed by atoms with Gasteiger partial charge in [-0.25, -0.2) is 0 Å². The number of fused-ring (bicyclic) bond motifs is 14. The number of benzene rings is 7. The number of ether oxygens (including phenoxy) is 2. The lowest BCUT2D eigenvalue weighted by Gasteiger charge is -2.47. The van der Waals surface area contributed by atoms with Crippen molar-refractivity contribution in [3.8, 4) is 23.0 Å². The maximum atomic E-state index is 14.5. The number of hydrogen-bond acceptors (Lipinski definition) is 6. The van der Waals surface area contributed by atoms with Crippen molar-refractivity contribution < 1.29 is 19.1 Å². The average Bonchev–Trinajstić information content (AvgIpc) is 3.19. The van der Waals surface area contributed by atoms with E-state index in [0.29, 0.717) is 11.1 Å². The van der Waals surface area contributed by atoms with Gasteiger partial charge in [-0.15, -0.1) is 0 Å². The van der Waals surface area contributed by atoms with Crippen LogP contribution in [0.25, 0.3) is 0 Å². The molecule has 0 radical (unpaired) electrons. The first kappa shape index (κ1) is 30.5. The largest absolute Gasteiger partial charge is 0.453 e. The molecule has 0 bridgehead atoms. The molecule has 0 saturated heterocycles. The fraction of sp³-hybridized carbons (Fsp3) is 0.0833. The van der Waals surface area contributed by atoms with Crippen LogP contribution < -0.4 is 52.1 Å². The molecule has 13 rings (SSSR count). The van der Waals surface area contributed by atoms with Crippen LogP contribution in [0, 0.1) is 27.7 Å². The smallest absolute Gasteiger partial charge is 0.248 e. The summed E-state index contributed by atoms with van der Waals surface area (Å²) in [4.78, 5) is 33.6. The van der Waals surface area contributed by atoms with E-state index in [0.717, 1.165) is 123 Å². The molecule has 262 valence electrons. The molecule has 0 aromatic heterocycles. The van der Waals surface area contributed by atoms with E-state index in [-0.39, 0.29) is 25.0 Å². The lowest BCUT2D eigenvalue weighted by Crippen LogP contribution is -2.66.